The first-order valence-corrected chi connectivity index (χ1v) is 8.00. The van der Waals surface area contributed by atoms with E-state index in [1.165, 1.54) is 12.1 Å². The molecule has 0 aliphatic heterocycles. The van der Waals surface area contributed by atoms with Gasteiger partial charge in [0.2, 0.25) is 0 Å². The Labute approximate surface area is 143 Å². The van der Waals surface area contributed by atoms with Crippen LogP contribution in [-0.2, 0) is 0 Å². The van der Waals surface area contributed by atoms with E-state index in [2.05, 4.69) is 19.9 Å². The minimum atomic E-state index is -0.517. The number of carbonyl (C=O) groups is 1. The van der Waals surface area contributed by atoms with E-state index < -0.39 is 5.41 Å². The van der Waals surface area contributed by atoms with Crippen molar-refractivity contribution in [2.24, 2.45) is 5.41 Å². The molecule has 0 atom stereocenters. The molecule has 3 heterocycles. The van der Waals surface area contributed by atoms with E-state index in [1.807, 2.05) is 20.8 Å². The summed E-state index contributed by atoms with van der Waals surface area (Å²) < 4.78 is 13.6. The van der Waals surface area contributed by atoms with Crippen LogP contribution in [0.2, 0.25) is 0 Å². The van der Waals surface area contributed by atoms with Gasteiger partial charge in [-0.15, -0.1) is 0 Å². The molecule has 5 nitrogen and oxygen atoms in total. The molecule has 0 unspecified atom stereocenters. The zero-order valence-electron chi connectivity index (χ0n) is 14.1. The van der Waals surface area contributed by atoms with Crippen molar-refractivity contribution >= 4 is 27.9 Å². The second kappa shape index (κ2) is 5.24. The molecule has 0 aliphatic rings. The summed E-state index contributed by atoms with van der Waals surface area (Å²) in [7, 11) is 0. The summed E-state index contributed by atoms with van der Waals surface area (Å²) in [6.45, 7) is 5.61. The summed E-state index contributed by atoms with van der Waals surface area (Å²) >= 11 is 0. The molecular formula is C19H17FN4O. The number of nitrogens with one attached hydrogen (secondary N) is 2. The number of carbonyl (C=O) groups excluding carboxylic acids is 1. The third-order valence-corrected chi connectivity index (χ3v) is 4.23. The summed E-state index contributed by atoms with van der Waals surface area (Å²) in [6.07, 6.45) is 5.05. The summed E-state index contributed by atoms with van der Waals surface area (Å²) in [5, 5.41) is 0.730. The Morgan fingerprint density at radius 1 is 1.16 bits per heavy atom. The van der Waals surface area contributed by atoms with Gasteiger partial charge in [0.15, 0.2) is 11.4 Å². The molecule has 4 rings (SSSR count). The van der Waals surface area contributed by atoms with Crippen molar-refractivity contribution in [2.45, 2.75) is 20.8 Å². The molecule has 0 radical (unpaired) electrons. The Hall–Kier alpha value is -3.02. The predicted octanol–water partition coefficient (Wildman–Crippen LogP) is 4.47. The predicted molar refractivity (Wildman–Crippen MR) is 94.9 cm³/mol. The minimum Gasteiger partial charge on any atom is -0.360 e. The third kappa shape index (κ3) is 2.50. The highest BCUT2D eigenvalue weighted by molar-refractivity contribution is 6.08. The topological polar surface area (TPSA) is 74.4 Å². The van der Waals surface area contributed by atoms with Crippen molar-refractivity contribution in [2.75, 3.05) is 0 Å². The molecule has 126 valence electrons. The third-order valence-electron chi connectivity index (χ3n) is 4.23. The molecule has 4 aromatic rings. The van der Waals surface area contributed by atoms with Crippen molar-refractivity contribution in [1.82, 2.24) is 19.9 Å². The monoisotopic (exact) mass is 336 g/mol. The Morgan fingerprint density at radius 2 is 1.96 bits per heavy atom. The standard InChI is InChI=1S/C19H17FN4O/c1-19(2,3)17(25)13-8-22-18-16(13)24-15(9-23-18)12-7-21-14-5-4-10(20)6-11(12)14/h4-9,21H,1-3H3,(H,22,23). The van der Waals surface area contributed by atoms with E-state index in [0.717, 1.165) is 16.5 Å². The molecule has 6 heteroatoms. The molecule has 0 bridgehead atoms. The summed E-state index contributed by atoms with van der Waals surface area (Å²) in [5.74, 6) is -0.317. The summed E-state index contributed by atoms with van der Waals surface area (Å²) in [5.41, 5.74) is 3.24. The Bertz CT molecular complexity index is 1120. The highest BCUT2D eigenvalue weighted by Crippen LogP contribution is 2.30. The molecule has 0 aliphatic carbocycles. The van der Waals surface area contributed by atoms with E-state index in [4.69, 9.17) is 0 Å². The first kappa shape index (κ1) is 15.5. The minimum absolute atomic E-state index is 0.00447. The van der Waals surface area contributed by atoms with Crippen LogP contribution >= 0.6 is 0 Å². The lowest BCUT2D eigenvalue weighted by Gasteiger charge is -2.15. The van der Waals surface area contributed by atoms with E-state index in [0.29, 0.717) is 22.4 Å². The number of benzene rings is 1. The van der Waals surface area contributed by atoms with Crippen LogP contribution in [0.4, 0.5) is 4.39 Å². The number of nitrogens with zero attached hydrogens (tertiary/aromatic N) is 2. The molecule has 3 aromatic heterocycles. The molecule has 0 saturated heterocycles. The number of Topliss-reactive ketones (excluding diaryl/α,β-unsaturated/α-hetero) is 1. The SMILES string of the molecule is CC(C)(C)C(=O)c1c[nH]c2ncc(-c3c[nH]c4ccc(F)cc34)nc12. The van der Waals surface area contributed by atoms with Gasteiger partial charge in [-0.3, -0.25) is 4.79 Å². The Balaban J connectivity index is 1.91. The number of halogens is 1. The fourth-order valence-corrected chi connectivity index (χ4v) is 2.90. The maximum Gasteiger partial charge on any atom is 0.171 e. The lowest BCUT2D eigenvalue weighted by atomic mass is 9.87. The fourth-order valence-electron chi connectivity index (χ4n) is 2.90. The van der Waals surface area contributed by atoms with Crippen molar-refractivity contribution < 1.29 is 9.18 Å². The van der Waals surface area contributed by atoms with Crippen LogP contribution in [0.5, 0.6) is 0 Å². The zero-order valence-corrected chi connectivity index (χ0v) is 14.1. The second-order valence-electron chi connectivity index (χ2n) is 7.13. The Morgan fingerprint density at radius 3 is 2.72 bits per heavy atom. The van der Waals surface area contributed by atoms with E-state index in [1.54, 1.807) is 24.7 Å². The van der Waals surface area contributed by atoms with Crippen molar-refractivity contribution in [3.05, 3.63) is 48.2 Å². The second-order valence-corrected chi connectivity index (χ2v) is 7.13. The highest BCUT2D eigenvalue weighted by atomic mass is 19.1. The van der Waals surface area contributed by atoms with Crippen LogP contribution in [0, 0.1) is 11.2 Å². The molecule has 0 spiro atoms. The maximum atomic E-state index is 13.6. The van der Waals surface area contributed by atoms with Gasteiger partial charge in [0.1, 0.15) is 11.3 Å². The van der Waals surface area contributed by atoms with Gasteiger partial charge >= 0.3 is 0 Å². The number of ketones is 1. The highest BCUT2D eigenvalue weighted by Gasteiger charge is 2.26. The van der Waals surface area contributed by atoms with Gasteiger partial charge in [-0.1, -0.05) is 20.8 Å². The maximum absolute atomic E-state index is 13.6. The number of fused-ring (bicyclic) bond motifs is 2. The van der Waals surface area contributed by atoms with E-state index >= 15 is 0 Å². The van der Waals surface area contributed by atoms with Crippen LogP contribution in [-0.4, -0.2) is 25.7 Å². The fraction of sp³-hybridized carbons (Fsp3) is 0.211. The normalized spacial score (nSPS) is 12.2. The first-order chi connectivity index (χ1) is 11.8. The molecule has 25 heavy (non-hydrogen) atoms. The molecule has 1 aromatic carbocycles. The average molecular weight is 336 g/mol. The van der Waals surface area contributed by atoms with Crippen molar-refractivity contribution in [1.29, 1.82) is 0 Å². The van der Waals surface area contributed by atoms with Gasteiger partial charge in [0.05, 0.1) is 17.5 Å². The van der Waals surface area contributed by atoms with E-state index in [-0.39, 0.29) is 11.6 Å². The smallest absolute Gasteiger partial charge is 0.171 e. The zero-order chi connectivity index (χ0) is 17.8. The van der Waals surface area contributed by atoms with Gasteiger partial charge in [-0.2, -0.15) is 0 Å². The number of hydrogen-bond donors (Lipinski definition) is 2. The number of rotatable bonds is 2. The van der Waals surface area contributed by atoms with Gasteiger partial charge in [-0.25, -0.2) is 14.4 Å². The van der Waals surface area contributed by atoms with Gasteiger partial charge in [0, 0.05) is 34.3 Å². The molecular weight excluding hydrogens is 319 g/mol. The first-order valence-electron chi connectivity index (χ1n) is 8.00. The van der Waals surface area contributed by atoms with Gasteiger partial charge in [-0.05, 0) is 18.2 Å². The lowest BCUT2D eigenvalue weighted by Crippen LogP contribution is -2.20. The Kier molecular flexibility index (Phi) is 3.25. The molecule has 0 saturated carbocycles. The quantitative estimate of drug-likeness (QED) is 0.530. The molecule has 0 fully saturated rings. The van der Waals surface area contributed by atoms with Crippen LogP contribution in [0.15, 0.2) is 36.8 Å². The number of H-pyrrole nitrogens is 2. The molecule has 0 amide bonds. The number of aromatic nitrogens is 4. The number of aromatic amines is 2. The van der Waals surface area contributed by atoms with Crippen LogP contribution in [0.1, 0.15) is 31.1 Å². The lowest BCUT2D eigenvalue weighted by molar-refractivity contribution is 0.0860. The number of hydrogen-bond acceptors (Lipinski definition) is 3. The van der Waals surface area contributed by atoms with Crippen LogP contribution < -0.4 is 0 Å². The van der Waals surface area contributed by atoms with Crippen LogP contribution in [0.25, 0.3) is 33.3 Å². The van der Waals surface area contributed by atoms with E-state index in [9.17, 15) is 9.18 Å². The van der Waals surface area contributed by atoms with Crippen LogP contribution in [0.3, 0.4) is 0 Å². The van der Waals surface area contributed by atoms with Crippen molar-refractivity contribution in [3.63, 3.8) is 0 Å². The average Bonchev–Trinajstić information content (AvgIpc) is 3.16. The summed E-state index contributed by atoms with van der Waals surface area (Å²) in [4.78, 5) is 27.8. The van der Waals surface area contributed by atoms with Crippen molar-refractivity contribution in [3.8, 4) is 11.3 Å². The van der Waals surface area contributed by atoms with Gasteiger partial charge in [0.25, 0.3) is 0 Å². The summed E-state index contributed by atoms with van der Waals surface area (Å²) in [6, 6.07) is 4.56. The van der Waals surface area contributed by atoms with Gasteiger partial charge < -0.3 is 9.97 Å². The molecule has 2 N–H and O–H groups in total. The largest absolute Gasteiger partial charge is 0.360 e.